The summed E-state index contributed by atoms with van der Waals surface area (Å²) < 4.78 is 24.2. The van der Waals surface area contributed by atoms with Crippen LogP contribution < -0.4 is 19.5 Å². The van der Waals surface area contributed by atoms with Crippen molar-refractivity contribution in [2.45, 2.75) is 94.6 Å². The molecule has 0 bridgehead atoms. The lowest BCUT2D eigenvalue weighted by atomic mass is 9.59. The van der Waals surface area contributed by atoms with Gasteiger partial charge in [0.15, 0.2) is 17.6 Å². The summed E-state index contributed by atoms with van der Waals surface area (Å²) >= 11 is 6.32. The Bertz CT molecular complexity index is 1650. The van der Waals surface area contributed by atoms with Gasteiger partial charge in [-0.15, -0.1) is 0 Å². The van der Waals surface area contributed by atoms with Crippen LogP contribution in [0.2, 0.25) is 5.02 Å². The highest BCUT2D eigenvalue weighted by atomic mass is 35.5. The van der Waals surface area contributed by atoms with Gasteiger partial charge in [-0.05, 0) is 128 Å². The monoisotopic (exact) mass is 674 g/mol. The number of esters is 1. The lowest BCUT2D eigenvalue weighted by Gasteiger charge is -2.48. The number of methoxy groups -OCH3 is 1. The number of hydrogen-bond acceptors (Lipinski definition) is 8. The first kappa shape index (κ1) is 33.0. The van der Waals surface area contributed by atoms with Gasteiger partial charge in [-0.3, -0.25) is 4.98 Å². The van der Waals surface area contributed by atoms with Crippen LogP contribution in [0, 0.1) is 11.8 Å². The van der Waals surface area contributed by atoms with E-state index in [9.17, 15) is 9.90 Å². The molecular weight excluding hydrogens is 628 g/mol. The summed E-state index contributed by atoms with van der Waals surface area (Å²) in [6.45, 7) is 5.44. The van der Waals surface area contributed by atoms with Gasteiger partial charge in [0, 0.05) is 28.2 Å². The van der Waals surface area contributed by atoms with E-state index in [1.165, 1.54) is 42.3 Å². The zero-order valence-electron chi connectivity index (χ0n) is 28.2. The Morgan fingerprint density at radius 3 is 2.77 bits per heavy atom. The number of aryl methyl sites for hydroxylation is 1. The normalized spacial score (nSPS) is 27.9. The predicted octanol–water partition coefficient (Wildman–Crippen LogP) is 7.42. The number of rotatable bonds is 9. The summed E-state index contributed by atoms with van der Waals surface area (Å²) in [5.74, 6) is 3.27. The number of hydrogen-bond donors (Lipinski definition) is 2. The number of aliphatic hydroxyl groups excluding tert-OH is 1. The Morgan fingerprint density at radius 1 is 1.17 bits per heavy atom. The summed E-state index contributed by atoms with van der Waals surface area (Å²) in [6.07, 6.45) is 9.65. The van der Waals surface area contributed by atoms with Crippen molar-refractivity contribution in [3.05, 3.63) is 76.1 Å². The molecule has 2 N–H and O–H groups in total. The minimum Gasteiger partial charge on any atom is -0.493 e. The standard InChI is InChI=1S/C39H47ClN2O6/c1-24(22-46-33-10-15-41-32-9-4-6-25(2)36(32)33)16-27-17-26-18-35-34(47-23-30(21-43)48-35)20-31(26)38(27)11-13-39(14-12-38,37(44)45-3)42-29-8-5-7-28(40)19-29/h5,7-8,10,15,18-20,24-25,27,30,42-43H,4,6,9,11-14,16-17,21-23H2,1-3H3/t24-,25-,27+,30+,38?,39?/m1/s1. The molecule has 3 aliphatic carbocycles. The summed E-state index contributed by atoms with van der Waals surface area (Å²) in [6, 6.07) is 13.9. The van der Waals surface area contributed by atoms with Gasteiger partial charge in [0.25, 0.3) is 0 Å². The Kier molecular flexibility index (Phi) is 9.24. The fourth-order valence-electron chi connectivity index (χ4n) is 8.99. The zero-order valence-corrected chi connectivity index (χ0v) is 29.0. The van der Waals surface area contributed by atoms with Crippen LogP contribution in [0.4, 0.5) is 5.69 Å². The molecule has 8 nitrogen and oxygen atoms in total. The molecular formula is C39H47ClN2O6. The number of aliphatic hydroxyl groups is 1. The van der Waals surface area contributed by atoms with Crippen LogP contribution in [0.15, 0.2) is 48.7 Å². The van der Waals surface area contributed by atoms with E-state index in [2.05, 4.69) is 36.3 Å². The summed E-state index contributed by atoms with van der Waals surface area (Å²) in [5, 5.41) is 13.9. The van der Waals surface area contributed by atoms with Crippen LogP contribution >= 0.6 is 11.6 Å². The number of fused-ring (bicyclic) bond motifs is 4. The third kappa shape index (κ3) is 6.11. The highest BCUT2D eigenvalue weighted by Crippen LogP contribution is 2.58. The van der Waals surface area contributed by atoms with E-state index < -0.39 is 5.54 Å². The second kappa shape index (κ2) is 13.4. The van der Waals surface area contributed by atoms with Crippen molar-refractivity contribution in [2.75, 3.05) is 32.2 Å². The average molecular weight is 675 g/mol. The van der Waals surface area contributed by atoms with Crippen LogP contribution in [-0.4, -0.2) is 54.6 Å². The first-order valence-corrected chi connectivity index (χ1v) is 17.9. The van der Waals surface area contributed by atoms with Crippen LogP contribution in [-0.2, 0) is 27.8 Å². The van der Waals surface area contributed by atoms with Crippen LogP contribution in [0.25, 0.3) is 0 Å². The molecule has 48 heavy (non-hydrogen) atoms. The quantitative estimate of drug-likeness (QED) is 0.226. The molecule has 2 aromatic carbocycles. The lowest BCUT2D eigenvalue weighted by molar-refractivity contribution is -0.148. The van der Waals surface area contributed by atoms with E-state index in [1.54, 1.807) is 0 Å². The Balaban J connectivity index is 1.16. The third-order valence-electron chi connectivity index (χ3n) is 11.4. The first-order valence-electron chi connectivity index (χ1n) is 17.5. The zero-order chi connectivity index (χ0) is 33.5. The summed E-state index contributed by atoms with van der Waals surface area (Å²) in [4.78, 5) is 18.2. The van der Waals surface area contributed by atoms with E-state index in [4.69, 9.17) is 30.5 Å². The Hall–Kier alpha value is -3.49. The number of nitrogens with zero attached hydrogens (tertiary/aromatic N) is 1. The smallest absolute Gasteiger partial charge is 0.331 e. The molecule has 1 aromatic heterocycles. The predicted molar refractivity (Wildman–Crippen MR) is 185 cm³/mol. The van der Waals surface area contributed by atoms with Gasteiger partial charge in [-0.1, -0.05) is 31.5 Å². The van der Waals surface area contributed by atoms with E-state index >= 15 is 0 Å². The van der Waals surface area contributed by atoms with Gasteiger partial charge >= 0.3 is 5.97 Å². The number of aromatic nitrogens is 1. The number of ether oxygens (including phenoxy) is 4. The van der Waals surface area contributed by atoms with Gasteiger partial charge in [0.1, 0.15) is 17.9 Å². The fourth-order valence-corrected chi connectivity index (χ4v) is 9.18. The average Bonchev–Trinajstić information content (AvgIpc) is 3.37. The molecule has 256 valence electrons. The molecule has 2 heterocycles. The minimum absolute atomic E-state index is 0.0880. The second-order valence-electron chi connectivity index (χ2n) is 14.6. The molecule has 7 rings (SSSR count). The second-order valence-corrected chi connectivity index (χ2v) is 15.0. The van der Waals surface area contributed by atoms with Gasteiger partial charge in [0.05, 0.1) is 20.3 Å². The fraction of sp³-hybridized carbons (Fsp3) is 0.538. The summed E-state index contributed by atoms with van der Waals surface area (Å²) in [5.41, 5.74) is 4.83. The maximum absolute atomic E-state index is 13.5. The van der Waals surface area contributed by atoms with Crippen molar-refractivity contribution in [3.8, 4) is 17.2 Å². The number of carbonyl (C=O) groups excluding carboxylic acids is 1. The Labute approximate surface area is 288 Å². The molecule has 1 fully saturated rings. The number of benzene rings is 2. The molecule has 1 spiro atoms. The molecule has 4 atom stereocenters. The number of carbonyl (C=O) groups is 1. The molecule has 0 amide bonds. The van der Waals surface area contributed by atoms with Crippen molar-refractivity contribution < 1.29 is 28.8 Å². The van der Waals surface area contributed by atoms with Crippen LogP contribution in [0.5, 0.6) is 17.2 Å². The molecule has 0 saturated heterocycles. The van der Waals surface area contributed by atoms with Gasteiger partial charge < -0.3 is 29.4 Å². The van der Waals surface area contributed by atoms with E-state index in [-0.39, 0.29) is 24.1 Å². The minimum atomic E-state index is -0.855. The van der Waals surface area contributed by atoms with Crippen molar-refractivity contribution >= 4 is 23.3 Å². The molecule has 1 saturated carbocycles. The maximum atomic E-state index is 13.5. The first-order chi connectivity index (χ1) is 23.2. The number of nitrogens with one attached hydrogen (secondary N) is 1. The van der Waals surface area contributed by atoms with Crippen LogP contribution in [0.3, 0.4) is 0 Å². The van der Waals surface area contributed by atoms with Crippen molar-refractivity contribution in [1.29, 1.82) is 0 Å². The number of pyridine rings is 1. The molecule has 1 aliphatic heterocycles. The van der Waals surface area contributed by atoms with Gasteiger partial charge in [-0.2, -0.15) is 0 Å². The van der Waals surface area contributed by atoms with Gasteiger partial charge in [-0.25, -0.2) is 4.79 Å². The maximum Gasteiger partial charge on any atom is 0.331 e. The molecule has 4 aliphatic rings. The lowest BCUT2D eigenvalue weighted by Crippen LogP contribution is -2.53. The van der Waals surface area contributed by atoms with Gasteiger partial charge in [0.2, 0.25) is 0 Å². The SMILES string of the molecule is COC(=O)C1(Nc2cccc(Cl)c2)CCC2(CC1)c1cc3c(cc1C[C@@H]2C[C@@H](C)COc1ccnc2c1[C@H](C)CCC2)O[C@@H](CO)CO3. The van der Waals surface area contributed by atoms with Crippen molar-refractivity contribution in [1.82, 2.24) is 4.98 Å². The third-order valence-corrected chi connectivity index (χ3v) is 11.7. The molecule has 0 unspecified atom stereocenters. The number of halogens is 1. The topological polar surface area (TPSA) is 99.1 Å². The van der Waals surface area contributed by atoms with Crippen molar-refractivity contribution in [3.63, 3.8) is 0 Å². The van der Waals surface area contributed by atoms with Crippen molar-refractivity contribution in [2.24, 2.45) is 11.8 Å². The number of anilines is 1. The molecule has 3 aromatic rings. The van der Waals surface area contributed by atoms with E-state index in [0.29, 0.717) is 54.6 Å². The largest absolute Gasteiger partial charge is 0.493 e. The highest BCUT2D eigenvalue weighted by molar-refractivity contribution is 6.30. The summed E-state index contributed by atoms with van der Waals surface area (Å²) in [7, 11) is 1.47. The van der Waals surface area contributed by atoms with E-state index in [1.807, 2.05) is 36.5 Å². The van der Waals surface area contributed by atoms with E-state index in [0.717, 1.165) is 49.3 Å². The molecule has 0 radical (unpaired) electrons. The highest BCUT2D eigenvalue weighted by Gasteiger charge is 2.55. The Morgan fingerprint density at radius 2 is 2.00 bits per heavy atom. The van der Waals surface area contributed by atoms with Crippen LogP contribution in [0.1, 0.15) is 87.1 Å². The molecule has 9 heteroatoms.